The highest BCUT2D eigenvalue weighted by Gasteiger charge is 2.26. The fourth-order valence-electron chi connectivity index (χ4n) is 2.62. The van der Waals surface area contributed by atoms with Gasteiger partial charge in [0, 0.05) is 23.6 Å². The van der Waals surface area contributed by atoms with Gasteiger partial charge in [0.25, 0.3) is 0 Å². The van der Waals surface area contributed by atoms with Crippen LogP contribution in [0, 0.1) is 0 Å². The van der Waals surface area contributed by atoms with Crippen LogP contribution in [0.2, 0.25) is 0 Å². The fourth-order valence-corrected chi connectivity index (χ4v) is 3.78. The summed E-state index contributed by atoms with van der Waals surface area (Å²) in [5.41, 5.74) is 0. The van der Waals surface area contributed by atoms with Crippen LogP contribution in [-0.2, 0) is 4.79 Å². The minimum absolute atomic E-state index is 0.0660. The van der Waals surface area contributed by atoms with Crippen molar-refractivity contribution < 1.29 is 14.3 Å². The third-order valence-electron chi connectivity index (χ3n) is 4.19. The highest BCUT2D eigenvalue weighted by Crippen LogP contribution is 2.23. The molecule has 24 heavy (non-hydrogen) atoms. The number of ether oxygens (including phenoxy) is 2. The summed E-state index contributed by atoms with van der Waals surface area (Å²) in [6.45, 7) is 9.45. The van der Waals surface area contributed by atoms with E-state index in [2.05, 4.69) is 24.1 Å². The molecule has 1 aromatic carbocycles. The van der Waals surface area contributed by atoms with Crippen molar-refractivity contribution in [3.05, 3.63) is 24.3 Å². The van der Waals surface area contributed by atoms with Crippen LogP contribution < -0.4 is 14.8 Å². The lowest BCUT2D eigenvalue weighted by molar-refractivity contribution is -0.122. The van der Waals surface area contributed by atoms with Gasteiger partial charge in [0.05, 0.1) is 19.7 Å². The monoisotopic (exact) mass is 352 g/mol. The Morgan fingerprint density at radius 2 is 1.92 bits per heavy atom. The van der Waals surface area contributed by atoms with Gasteiger partial charge >= 0.3 is 0 Å². The Bertz CT molecular complexity index is 509. The van der Waals surface area contributed by atoms with Crippen molar-refractivity contribution in [2.75, 3.05) is 38.6 Å². The van der Waals surface area contributed by atoms with Crippen LogP contribution >= 0.6 is 11.8 Å². The molecule has 5 nitrogen and oxygen atoms in total. The molecule has 2 rings (SSSR count). The summed E-state index contributed by atoms with van der Waals surface area (Å²) in [4.78, 5) is 14.3. The van der Waals surface area contributed by atoms with Crippen LogP contribution in [0.15, 0.2) is 24.3 Å². The molecule has 0 aliphatic carbocycles. The SMILES string of the molecule is CCOc1ccc(OCCNC(=O)CN2CCSC(C)C2C)cc1. The summed E-state index contributed by atoms with van der Waals surface area (Å²) in [6.07, 6.45) is 0. The van der Waals surface area contributed by atoms with Gasteiger partial charge in [-0.05, 0) is 38.1 Å². The largest absolute Gasteiger partial charge is 0.494 e. The molecule has 1 fully saturated rings. The Labute approximate surface area is 149 Å². The van der Waals surface area contributed by atoms with Crippen LogP contribution in [0.25, 0.3) is 0 Å². The van der Waals surface area contributed by atoms with E-state index in [1.54, 1.807) is 0 Å². The van der Waals surface area contributed by atoms with E-state index in [1.165, 1.54) is 0 Å². The number of nitrogens with zero attached hydrogens (tertiary/aromatic N) is 1. The van der Waals surface area contributed by atoms with Crippen molar-refractivity contribution in [1.29, 1.82) is 0 Å². The predicted octanol–water partition coefficient (Wildman–Crippen LogP) is 2.41. The van der Waals surface area contributed by atoms with Crippen molar-refractivity contribution in [3.8, 4) is 11.5 Å². The minimum atomic E-state index is 0.0660. The molecule has 1 aliphatic heterocycles. The molecule has 2 atom stereocenters. The maximum atomic E-state index is 12.1. The van der Waals surface area contributed by atoms with Gasteiger partial charge in [-0.15, -0.1) is 0 Å². The maximum Gasteiger partial charge on any atom is 0.234 e. The Kier molecular flexibility index (Phi) is 7.72. The Balaban J connectivity index is 1.63. The van der Waals surface area contributed by atoms with Crippen molar-refractivity contribution in [1.82, 2.24) is 10.2 Å². The number of hydrogen-bond acceptors (Lipinski definition) is 5. The van der Waals surface area contributed by atoms with E-state index in [4.69, 9.17) is 9.47 Å². The normalized spacial score (nSPS) is 21.3. The standard InChI is InChI=1S/C18H28N2O3S/c1-4-22-16-5-7-17(8-6-16)23-11-9-19-18(21)13-20-10-12-24-15(3)14(20)2/h5-8,14-15H,4,9-13H2,1-3H3,(H,19,21). The van der Waals surface area contributed by atoms with Gasteiger partial charge < -0.3 is 14.8 Å². The van der Waals surface area contributed by atoms with Gasteiger partial charge in [-0.25, -0.2) is 0 Å². The van der Waals surface area contributed by atoms with Gasteiger partial charge in [-0.1, -0.05) is 6.92 Å². The molecule has 6 heteroatoms. The second kappa shape index (κ2) is 9.79. The number of nitrogens with one attached hydrogen (secondary N) is 1. The highest BCUT2D eigenvalue weighted by molar-refractivity contribution is 8.00. The Hall–Kier alpha value is -1.40. The van der Waals surface area contributed by atoms with E-state index in [-0.39, 0.29) is 5.91 Å². The van der Waals surface area contributed by atoms with Gasteiger partial charge in [0.15, 0.2) is 0 Å². The van der Waals surface area contributed by atoms with E-state index in [1.807, 2.05) is 43.0 Å². The average molecular weight is 352 g/mol. The molecular weight excluding hydrogens is 324 g/mol. The molecular formula is C18H28N2O3S. The lowest BCUT2D eigenvalue weighted by Crippen LogP contribution is -2.49. The van der Waals surface area contributed by atoms with E-state index >= 15 is 0 Å². The van der Waals surface area contributed by atoms with Crippen molar-refractivity contribution >= 4 is 17.7 Å². The summed E-state index contributed by atoms with van der Waals surface area (Å²) in [6, 6.07) is 7.96. The van der Waals surface area contributed by atoms with Crippen molar-refractivity contribution in [2.24, 2.45) is 0 Å². The first-order valence-corrected chi connectivity index (χ1v) is 9.63. The second-order valence-corrected chi connectivity index (χ2v) is 7.37. The Morgan fingerprint density at radius 1 is 1.25 bits per heavy atom. The molecule has 1 aromatic rings. The third-order valence-corrected chi connectivity index (χ3v) is 5.53. The van der Waals surface area contributed by atoms with Crippen molar-refractivity contribution in [3.63, 3.8) is 0 Å². The summed E-state index contributed by atoms with van der Waals surface area (Å²) >= 11 is 1.98. The first kappa shape index (κ1) is 18.9. The number of carbonyl (C=O) groups excluding carboxylic acids is 1. The molecule has 1 N–H and O–H groups in total. The molecule has 134 valence electrons. The zero-order valence-corrected chi connectivity index (χ0v) is 15.6. The first-order valence-electron chi connectivity index (χ1n) is 8.58. The summed E-state index contributed by atoms with van der Waals surface area (Å²) in [5.74, 6) is 2.78. The van der Waals surface area contributed by atoms with Gasteiger partial charge in [-0.2, -0.15) is 11.8 Å². The number of thioether (sulfide) groups is 1. The van der Waals surface area contributed by atoms with Gasteiger partial charge in [0.2, 0.25) is 5.91 Å². The number of benzene rings is 1. The minimum Gasteiger partial charge on any atom is -0.494 e. The van der Waals surface area contributed by atoms with Crippen LogP contribution in [0.4, 0.5) is 0 Å². The number of rotatable bonds is 8. The second-order valence-electron chi connectivity index (χ2n) is 5.89. The summed E-state index contributed by atoms with van der Waals surface area (Å²) in [5, 5.41) is 3.51. The lowest BCUT2D eigenvalue weighted by atomic mass is 10.2. The molecule has 1 heterocycles. The van der Waals surface area contributed by atoms with Gasteiger partial charge in [0.1, 0.15) is 18.1 Å². The molecule has 1 aliphatic rings. The summed E-state index contributed by atoms with van der Waals surface area (Å²) in [7, 11) is 0. The summed E-state index contributed by atoms with van der Waals surface area (Å²) < 4.78 is 11.0. The number of amides is 1. The predicted molar refractivity (Wildman–Crippen MR) is 99.1 cm³/mol. The number of carbonyl (C=O) groups is 1. The molecule has 0 radical (unpaired) electrons. The van der Waals surface area contributed by atoms with Crippen LogP contribution in [0.5, 0.6) is 11.5 Å². The van der Waals surface area contributed by atoms with E-state index in [0.29, 0.717) is 37.6 Å². The molecule has 0 bridgehead atoms. The molecule has 0 saturated carbocycles. The zero-order valence-electron chi connectivity index (χ0n) is 14.8. The number of hydrogen-bond donors (Lipinski definition) is 1. The van der Waals surface area contributed by atoms with Crippen LogP contribution in [0.3, 0.4) is 0 Å². The van der Waals surface area contributed by atoms with E-state index < -0.39 is 0 Å². The van der Waals surface area contributed by atoms with E-state index in [0.717, 1.165) is 23.8 Å². The Morgan fingerprint density at radius 3 is 2.58 bits per heavy atom. The zero-order chi connectivity index (χ0) is 17.4. The lowest BCUT2D eigenvalue weighted by Gasteiger charge is -2.36. The fraction of sp³-hybridized carbons (Fsp3) is 0.611. The van der Waals surface area contributed by atoms with Crippen LogP contribution in [-0.4, -0.2) is 60.7 Å². The molecule has 0 spiro atoms. The van der Waals surface area contributed by atoms with Crippen LogP contribution in [0.1, 0.15) is 20.8 Å². The van der Waals surface area contributed by atoms with Gasteiger partial charge in [-0.3, -0.25) is 9.69 Å². The molecule has 2 unspecified atom stereocenters. The molecule has 0 aromatic heterocycles. The quantitative estimate of drug-likeness (QED) is 0.728. The molecule has 1 amide bonds. The smallest absolute Gasteiger partial charge is 0.234 e. The van der Waals surface area contributed by atoms with E-state index in [9.17, 15) is 4.79 Å². The molecule has 1 saturated heterocycles. The third kappa shape index (κ3) is 5.91. The van der Waals surface area contributed by atoms with Crippen molar-refractivity contribution in [2.45, 2.75) is 32.1 Å². The topological polar surface area (TPSA) is 50.8 Å². The highest BCUT2D eigenvalue weighted by atomic mass is 32.2. The maximum absolute atomic E-state index is 12.1. The average Bonchev–Trinajstić information content (AvgIpc) is 2.58. The first-order chi connectivity index (χ1) is 11.6.